The average molecular weight is 675 g/mol. The molecule has 0 fully saturated rings. The molecule has 250 valence electrons. The van der Waals surface area contributed by atoms with Gasteiger partial charge in [0, 0.05) is 34.1 Å². The third-order valence-electron chi connectivity index (χ3n) is 10.5. The van der Waals surface area contributed by atoms with Crippen molar-refractivity contribution >= 4 is 43.1 Å². The van der Waals surface area contributed by atoms with Crippen LogP contribution in [0.5, 0.6) is 23.0 Å². The second-order valence-corrected chi connectivity index (χ2v) is 13.4. The molecule has 0 aliphatic heterocycles. The summed E-state index contributed by atoms with van der Waals surface area (Å²) in [6.45, 7) is 0. The molecule has 9 aromatic carbocycles. The Morgan fingerprint density at radius 2 is 0.481 bits per heavy atom. The van der Waals surface area contributed by atoms with Crippen molar-refractivity contribution in [3.63, 3.8) is 0 Å². The van der Waals surface area contributed by atoms with Crippen molar-refractivity contribution < 1.29 is 20.4 Å². The predicted molar refractivity (Wildman–Crippen MR) is 211 cm³/mol. The minimum absolute atomic E-state index is 0.138. The van der Waals surface area contributed by atoms with Gasteiger partial charge in [-0.2, -0.15) is 0 Å². The molecular formula is C48H34O4. The van der Waals surface area contributed by atoms with Crippen LogP contribution >= 0.6 is 0 Å². The summed E-state index contributed by atoms with van der Waals surface area (Å²) in [7, 11) is 0. The lowest BCUT2D eigenvalue weighted by Crippen LogP contribution is -2.09. The fraction of sp³-hybridized carbons (Fsp3) is 0.0417. The van der Waals surface area contributed by atoms with Crippen molar-refractivity contribution in [2.45, 2.75) is 11.8 Å². The van der Waals surface area contributed by atoms with E-state index in [1.165, 1.54) is 0 Å². The highest BCUT2D eigenvalue weighted by Crippen LogP contribution is 2.49. The van der Waals surface area contributed by atoms with Gasteiger partial charge in [-0.15, -0.1) is 0 Å². The van der Waals surface area contributed by atoms with Gasteiger partial charge in [-0.3, -0.25) is 0 Å². The number of aromatic hydroxyl groups is 4. The molecule has 0 unspecified atom stereocenters. The zero-order chi connectivity index (χ0) is 35.3. The van der Waals surface area contributed by atoms with E-state index in [2.05, 4.69) is 0 Å². The lowest BCUT2D eigenvalue weighted by molar-refractivity contribution is 0.459. The van der Waals surface area contributed by atoms with Crippen molar-refractivity contribution in [2.24, 2.45) is 0 Å². The highest BCUT2D eigenvalue weighted by Gasteiger charge is 2.30. The number of rotatable bonds is 6. The Balaban J connectivity index is 1.32. The highest BCUT2D eigenvalue weighted by atomic mass is 16.3. The monoisotopic (exact) mass is 674 g/mol. The number of hydrogen-bond donors (Lipinski definition) is 4. The molecule has 0 aromatic heterocycles. The number of benzene rings is 9. The average Bonchev–Trinajstić information content (AvgIpc) is 3.18. The second-order valence-electron chi connectivity index (χ2n) is 13.4. The SMILES string of the molecule is Oc1ccc2ccccc2c1C(c1ccc(C(c2c(O)ccc3ccccc23)c2c(O)ccc3ccccc23)cc1)c1c(O)ccc2ccccc12. The van der Waals surface area contributed by atoms with Crippen LogP contribution in [0.2, 0.25) is 0 Å². The van der Waals surface area contributed by atoms with Gasteiger partial charge >= 0.3 is 0 Å². The van der Waals surface area contributed by atoms with E-state index in [9.17, 15) is 20.4 Å². The first-order chi connectivity index (χ1) is 25.5. The van der Waals surface area contributed by atoms with Gasteiger partial charge in [0.15, 0.2) is 0 Å². The summed E-state index contributed by atoms with van der Waals surface area (Å²) in [5.41, 5.74) is 4.54. The van der Waals surface area contributed by atoms with Gasteiger partial charge in [0.25, 0.3) is 0 Å². The van der Waals surface area contributed by atoms with Crippen LogP contribution in [0.25, 0.3) is 43.1 Å². The first-order valence-electron chi connectivity index (χ1n) is 17.4. The molecule has 52 heavy (non-hydrogen) atoms. The standard InChI is InChI=1S/C48H34O4/c49-39-25-21-29-9-1-5-13-35(29)45(39)43(46-36-14-6-2-10-30(36)22-26-40(46)50)33-17-19-34(20-18-33)44(47-37-15-7-3-11-31(37)23-27-41(47)51)48-38-16-8-4-12-32(38)24-28-42(48)52/h1-28,43-44,49-52H. The molecule has 0 amide bonds. The van der Waals surface area contributed by atoms with Gasteiger partial charge in [0.2, 0.25) is 0 Å². The Bertz CT molecular complexity index is 2440. The van der Waals surface area contributed by atoms with Crippen LogP contribution in [0.4, 0.5) is 0 Å². The third-order valence-corrected chi connectivity index (χ3v) is 10.5. The summed E-state index contributed by atoms with van der Waals surface area (Å²) in [6, 6.07) is 54.6. The maximum Gasteiger partial charge on any atom is 0.120 e. The zero-order valence-corrected chi connectivity index (χ0v) is 28.1. The predicted octanol–water partition coefficient (Wildman–Crippen LogP) is 11.5. The summed E-state index contributed by atoms with van der Waals surface area (Å²) < 4.78 is 0. The van der Waals surface area contributed by atoms with Gasteiger partial charge in [0.05, 0.1) is 0 Å². The normalized spacial score (nSPS) is 11.7. The molecular weight excluding hydrogens is 641 g/mol. The number of phenols is 4. The molecule has 0 heterocycles. The van der Waals surface area contributed by atoms with Gasteiger partial charge < -0.3 is 20.4 Å². The van der Waals surface area contributed by atoms with Crippen LogP contribution in [0.3, 0.4) is 0 Å². The van der Waals surface area contributed by atoms with Crippen LogP contribution < -0.4 is 0 Å². The Labute approximate surface area is 300 Å². The molecule has 4 nitrogen and oxygen atoms in total. The molecule has 4 heteroatoms. The third kappa shape index (κ3) is 5.07. The van der Waals surface area contributed by atoms with Crippen molar-refractivity contribution in [3.05, 3.63) is 203 Å². The van der Waals surface area contributed by atoms with Gasteiger partial charge in [0.1, 0.15) is 23.0 Å². The summed E-state index contributed by atoms with van der Waals surface area (Å²) in [6.07, 6.45) is 0. The smallest absolute Gasteiger partial charge is 0.120 e. The molecule has 9 aromatic rings. The minimum Gasteiger partial charge on any atom is -0.508 e. The first-order valence-corrected chi connectivity index (χ1v) is 17.4. The van der Waals surface area contributed by atoms with Crippen LogP contribution in [-0.2, 0) is 0 Å². The Hall–Kier alpha value is -6.78. The van der Waals surface area contributed by atoms with E-state index >= 15 is 0 Å². The van der Waals surface area contributed by atoms with Crippen molar-refractivity contribution in [1.82, 2.24) is 0 Å². The van der Waals surface area contributed by atoms with E-state index in [0.717, 1.165) is 54.2 Å². The van der Waals surface area contributed by atoms with E-state index in [-0.39, 0.29) is 23.0 Å². The Kier molecular flexibility index (Phi) is 7.52. The Morgan fingerprint density at radius 1 is 0.250 bits per heavy atom. The fourth-order valence-electron chi connectivity index (χ4n) is 8.19. The largest absolute Gasteiger partial charge is 0.508 e. The van der Waals surface area contributed by atoms with Gasteiger partial charge in [-0.05, 0) is 78.5 Å². The van der Waals surface area contributed by atoms with Crippen molar-refractivity contribution in [3.8, 4) is 23.0 Å². The second kappa shape index (κ2) is 12.5. The number of hydrogen-bond acceptors (Lipinski definition) is 4. The van der Waals surface area contributed by atoms with Gasteiger partial charge in [-0.25, -0.2) is 0 Å². The lowest BCUT2D eigenvalue weighted by Gasteiger charge is -2.26. The molecule has 4 N–H and O–H groups in total. The molecule has 0 aliphatic rings. The van der Waals surface area contributed by atoms with Crippen LogP contribution in [0.1, 0.15) is 45.2 Å². The lowest BCUT2D eigenvalue weighted by atomic mass is 9.77. The quantitative estimate of drug-likeness (QED) is 0.132. The maximum atomic E-state index is 11.6. The van der Waals surface area contributed by atoms with E-state index < -0.39 is 11.8 Å². The molecule has 9 rings (SSSR count). The maximum absolute atomic E-state index is 11.6. The molecule has 0 bridgehead atoms. The Morgan fingerprint density at radius 3 is 0.731 bits per heavy atom. The highest BCUT2D eigenvalue weighted by molar-refractivity contribution is 5.95. The first kappa shape index (κ1) is 31.2. The summed E-state index contributed by atoms with van der Waals surface area (Å²) >= 11 is 0. The zero-order valence-electron chi connectivity index (χ0n) is 28.1. The van der Waals surface area contributed by atoms with E-state index in [1.54, 1.807) is 24.3 Å². The van der Waals surface area contributed by atoms with Crippen molar-refractivity contribution in [2.75, 3.05) is 0 Å². The topological polar surface area (TPSA) is 80.9 Å². The van der Waals surface area contributed by atoms with Crippen LogP contribution in [0.15, 0.2) is 170 Å². The summed E-state index contributed by atoms with van der Waals surface area (Å²) in [4.78, 5) is 0. The van der Waals surface area contributed by atoms with Gasteiger partial charge in [-0.1, -0.05) is 146 Å². The molecule has 0 atom stereocenters. The number of phenolic OH excluding ortho intramolecular Hbond substituents is 4. The van der Waals surface area contributed by atoms with Crippen molar-refractivity contribution in [1.29, 1.82) is 0 Å². The van der Waals surface area contributed by atoms with Crippen LogP contribution in [0, 0.1) is 0 Å². The molecule has 0 radical (unpaired) electrons. The minimum atomic E-state index is -0.540. The summed E-state index contributed by atoms with van der Waals surface area (Å²) in [5, 5.41) is 54.0. The molecule has 0 aliphatic carbocycles. The van der Waals surface area contributed by atoms with E-state index in [0.29, 0.717) is 22.3 Å². The fourth-order valence-corrected chi connectivity index (χ4v) is 8.19. The van der Waals surface area contributed by atoms with E-state index in [4.69, 9.17) is 0 Å². The molecule has 0 spiro atoms. The van der Waals surface area contributed by atoms with Crippen LogP contribution in [-0.4, -0.2) is 20.4 Å². The van der Waals surface area contributed by atoms with E-state index in [1.807, 2.05) is 146 Å². The number of fused-ring (bicyclic) bond motifs is 4. The summed E-state index contributed by atoms with van der Waals surface area (Å²) in [5.74, 6) is -0.527. The molecule has 0 saturated heterocycles. The molecule has 0 saturated carbocycles.